The predicted octanol–water partition coefficient (Wildman–Crippen LogP) is 1.30. The van der Waals surface area contributed by atoms with Crippen molar-refractivity contribution < 1.29 is 19.5 Å². The lowest BCUT2D eigenvalue weighted by Crippen LogP contribution is -2.41. The van der Waals surface area contributed by atoms with E-state index in [-0.39, 0.29) is 30.6 Å². The third kappa shape index (κ3) is 9.35. The molecule has 3 N–H and O–H groups in total. The first-order valence-electron chi connectivity index (χ1n) is 7.15. The molecule has 116 valence electrons. The minimum absolute atomic E-state index is 0.0726. The Morgan fingerprint density at radius 1 is 1.10 bits per heavy atom. The minimum Gasteiger partial charge on any atom is -0.480 e. The maximum absolute atomic E-state index is 11.6. The molecule has 20 heavy (non-hydrogen) atoms. The number of carboxylic acids is 1. The van der Waals surface area contributed by atoms with Crippen LogP contribution in [0.2, 0.25) is 0 Å². The highest BCUT2D eigenvalue weighted by molar-refractivity contribution is 5.84. The average Bonchev–Trinajstić information content (AvgIpc) is 2.34. The molecule has 6 nitrogen and oxygen atoms in total. The maximum Gasteiger partial charge on any atom is 0.326 e. The fourth-order valence-corrected chi connectivity index (χ4v) is 1.72. The van der Waals surface area contributed by atoms with Crippen LogP contribution in [0.4, 0.5) is 0 Å². The standard InChI is InChI=1S/C14H26N2O4/c1-4-8-15-12(17)6-5-7-13(18)16-11(14(19)20)9-10(2)3/h10-11H,4-9H2,1-3H3,(H,15,17)(H,16,18)(H,19,20)/t11-/m0/s1. The molecule has 0 aromatic carbocycles. The molecule has 0 heterocycles. The third-order valence-electron chi connectivity index (χ3n) is 2.72. The van der Waals surface area contributed by atoms with Crippen molar-refractivity contribution in [2.24, 2.45) is 5.92 Å². The molecule has 0 unspecified atom stereocenters. The minimum atomic E-state index is -1.02. The predicted molar refractivity (Wildman–Crippen MR) is 76.2 cm³/mol. The summed E-state index contributed by atoms with van der Waals surface area (Å²) < 4.78 is 0. The summed E-state index contributed by atoms with van der Waals surface area (Å²) in [5.41, 5.74) is 0. The van der Waals surface area contributed by atoms with E-state index in [1.165, 1.54) is 0 Å². The van der Waals surface area contributed by atoms with Crippen LogP contribution in [0.15, 0.2) is 0 Å². The van der Waals surface area contributed by atoms with E-state index >= 15 is 0 Å². The second kappa shape index (κ2) is 10.2. The SMILES string of the molecule is CCCNC(=O)CCCC(=O)N[C@@H](CC(C)C)C(=O)O. The van der Waals surface area contributed by atoms with Crippen LogP contribution in [-0.2, 0) is 14.4 Å². The summed E-state index contributed by atoms with van der Waals surface area (Å²) in [6.45, 7) is 6.41. The van der Waals surface area contributed by atoms with Crippen molar-refractivity contribution in [3.63, 3.8) is 0 Å². The summed E-state index contributed by atoms with van der Waals surface area (Å²) in [6.07, 6.45) is 2.16. The molecule has 0 fully saturated rings. The Balaban J connectivity index is 3.96. The lowest BCUT2D eigenvalue weighted by atomic mass is 10.0. The van der Waals surface area contributed by atoms with Crippen LogP contribution >= 0.6 is 0 Å². The zero-order chi connectivity index (χ0) is 15.5. The monoisotopic (exact) mass is 286 g/mol. The fraction of sp³-hybridized carbons (Fsp3) is 0.786. The van der Waals surface area contributed by atoms with Crippen LogP contribution < -0.4 is 10.6 Å². The first-order chi connectivity index (χ1) is 9.36. The molecular formula is C14H26N2O4. The van der Waals surface area contributed by atoms with Gasteiger partial charge in [-0.25, -0.2) is 4.79 Å². The summed E-state index contributed by atoms with van der Waals surface area (Å²) in [5.74, 6) is -1.22. The molecule has 0 saturated heterocycles. The molecule has 0 rings (SSSR count). The topological polar surface area (TPSA) is 95.5 Å². The maximum atomic E-state index is 11.6. The highest BCUT2D eigenvalue weighted by Gasteiger charge is 2.20. The molecule has 6 heteroatoms. The first kappa shape index (κ1) is 18.4. The van der Waals surface area contributed by atoms with Gasteiger partial charge in [0.1, 0.15) is 6.04 Å². The number of carbonyl (C=O) groups is 3. The largest absolute Gasteiger partial charge is 0.480 e. The summed E-state index contributed by atoms with van der Waals surface area (Å²) in [6, 6.07) is -0.851. The number of carboxylic acid groups (broad SMARTS) is 1. The lowest BCUT2D eigenvalue weighted by Gasteiger charge is -2.16. The van der Waals surface area contributed by atoms with Crippen LogP contribution in [0, 0.1) is 5.92 Å². The number of hydrogen-bond acceptors (Lipinski definition) is 3. The third-order valence-corrected chi connectivity index (χ3v) is 2.72. The van der Waals surface area contributed by atoms with Crippen molar-refractivity contribution in [1.82, 2.24) is 10.6 Å². The summed E-state index contributed by atoms with van der Waals surface area (Å²) >= 11 is 0. The van der Waals surface area contributed by atoms with E-state index in [4.69, 9.17) is 5.11 Å². The van der Waals surface area contributed by atoms with E-state index in [1.54, 1.807) is 0 Å². The van der Waals surface area contributed by atoms with Gasteiger partial charge in [0.15, 0.2) is 0 Å². The normalized spacial score (nSPS) is 12.0. The number of rotatable bonds is 10. The van der Waals surface area contributed by atoms with Crippen LogP contribution in [0.25, 0.3) is 0 Å². The van der Waals surface area contributed by atoms with E-state index in [0.717, 1.165) is 6.42 Å². The zero-order valence-electron chi connectivity index (χ0n) is 12.6. The van der Waals surface area contributed by atoms with Gasteiger partial charge in [-0.05, 0) is 25.2 Å². The Labute approximate surface area is 120 Å². The van der Waals surface area contributed by atoms with Crippen LogP contribution in [0.5, 0.6) is 0 Å². The first-order valence-corrected chi connectivity index (χ1v) is 7.15. The second-order valence-electron chi connectivity index (χ2n) is 5.29. The Morgan fingerprint density at radius 2 is 1.70 bits per heavy atom. The Morgan fingerprint density at radius 3 is 2.20 bits per heavy atom. The van der Waals surface area contributed by atoms with Gasteiger partial charge in [0, 0.05) is 19.4 Å². The molecule has 0 aliphatic carbocycles. The highest BCUT2D eigenvalue weighted by Crippen LogP contribution is 2.06. The van der Waals surface area contributed by atoms with Gasteiger partial charge in [-0.2, -0.15) is 0 Å². The van der Waals surface area contributed by atoms with Gasteiger partial charge in [0.25, 0.3) is 0 Å². The number of carbonyl (C=O) groups excluding carboxylic acids is 2. The van der Waals surface area contributed by atoms with E-state index in [1.807, 2.05) is 20.8 Å². The highest BCUT2D eigenvalue weighted by atomic mass is 16.4. The zero-order valence-corrected chi connectivity index (χ0v) is 12.6. The van der Waals surface area contributed by atoms with Gasteiger partial charge in [-0.15, -0.1) is 0 Å². The Bertz CT molecular complexity index is 329. The molecule has 1 atom stereocenters. The number of aliphatic carboxylic acids is 1. The number of hydrogen-bond donors (Lipinski definition) is 3. The van der Waals surface area contributed by atoms with E-state index in [9.17, 15) is 14.4 Å². The molecule has 0 saturated carbocycles. The molecule has 2 amide bonds. The molecule has 0 aromatic heterocycles. The number of amides is 2. The Hall–Kier alpha value is -1.59. The summed E-state index contributed by atoms with van der Waals surface area (Å²) in [4.78, 5) is 33.9. The van der Waals surface area contributed by atoms with Gasteiger partial charge in [-0.3, -0.25) is 9.59 Å². The molecule has 0 spiro atoms. The van der Waals surface area contributed by atoms with Crippen LogP contribution in [-0.4, -0.2) is 35.5 Å². The van der Waals surface area contributed by atoms with Crippen molar-refractivity contribution in [2.75, 3.05) is 6.54 Å². The van der Waals surface area contributed by atoms with E-state index in [2.05, 4.69) is 10.6 Å². The quantitative estimate of drug-likeness (QED) is 0.564. The van der Waals surface area contributed by atoms with Crippen LogP contribution in [0.1, 0.15) is 52.9 Å². The van der Waals surface area contributed by atoms with Crippen LogP contribution in [0.3, 0.4) is 0 Å². The Kier molecular flexibility index (Phi) is 9.41. The lowest BCUT2D eigenvalue weighted by molar-refractivity contribution is -0.142. The molecule has 0 aliphatic heterocycles. The average molecular weight is 286 g/mol. The molecular weight excluding hydrogens is 260 g/mol. The molecule has 0 radical (unpaired) electrons. The van der Waals surface area contributed by atoms with Crippen molar-refractivity contribution in [3.8, 4) is 0 Å². The van der Waals surface area contributed by atoms with Crippen molar-refractivity contribution in [2.45, 2.75) is 58.9 Å². The van der Waals surface area contributed by atoms with Gasteiger partial charge in [0.2, 0.25) is 11.8 Å². The fourth-order valence-electron chi connectivity index (χ4n) is 1.72. The van der Waals surface area contributed by atoms with Gasteiger partial charge < -0.3 is 15.7 Å². The van der Waals surface area contributed by atoms with E-state index < -0.39 is 12.0 Å². The summed E-state index contributed by atoms with van der Waals surface area (Å²) in [7, 11) is 0. The molecule has 0 aromatic rings. The van der Waals surface area contributed by atoms with E-state index in [0.29, 0.717) is 19.4 Å². The molecule has 0 aliphatic rings. The smallest absolute Gasteiger partial charge is 0.326 e. The van der Waals surface area contributed by atoms with Gasteiger partial charge in [-0.1, -0.05) is 20.8 Å². The van der Waals surface area contributed by atoms with Crippen molar-refractivity contribution in [1.29, 1.82) is 0 Å². The van der Waals surface area contributed by atoms with Crippen molar-refractivity contribution >= 4 is 17.8 Å². The van der Waals surface area contributed by atoms with Crippen molar-refractivity contribution in [3.05, 3.63) is 0 Å². The number of nitrogens with one attached hydrogen (secondary N) is 2. The summed E-state index contributed by atoms with van der Waals surface area (Å²) in [5, 5.41) is 14.2. The van der Waals surface area contributed by atoms with Gasteiger partial charge in [0.05, 0.1) is 0 Å². The second-order valence-corrected chi connectivity index (χ2v) is 5.29. The van der Waals surface area contributed by atoms with Gasteiger partial charge >= 0.3 is 5.97 Å². The molecule has 0 bridgehead atoms.